The molecule has 0 saturated carbocycles. The summed E-state index contributed by atoms with van der Waals surface area (Å²) in [7, 11) is 0. The van der Waals surface area contributed by atoms with Crippen molar-refractivity contribution in [3.8, 4) is 6.07 Å². The van der Waals surface area contributed by atoms with Crippen LogP contribution in [0.3, 0.4) is 0 Å². The van der Waals surface area contributed by atoms with Gasteiger partial charge >= 0.3 is 0 Å². The third-order valence-electron chi connectivity index (χ3n) is 2.02. The van der Waals surface area contributed by atoms with E-state index < -0.39 is 5.54 Å². The molecule has 1 unspecified atom stereocenters. The van der Waals surface area contributed by atoms with E-state index in [1.165, 1.54) is 0 Å². The average molecular weight is 198 g/mol. The first kappa shape index (κ1) is 13.4. The molecule has 0 fully saturated rings. The summed E-state index contributed by atoms with van der Waals surface area (Å²) in [6, 6.07) is 2.66. The monoisotopic (exact) mass is 198 g/mol. The second-order valence-corrected chi connectivity index (χ2v) is 4.04. The largest absolute Gasteiger partial charge is 0.382 e. The van der Waals surface area contributed by atoms with E-state index >= 15 is 0 Å². The summed E-state index contributed by atoms with van der Waals surface area (Å²) in [6.45, 7) is 9.53. The summed E-state index contributed by atoms with van der Waals surface area (Å²) in [5.74, 6) is 0. The van der Waals surface area contributed by atoms with Gasteiger partial charge < -0.3 is 4.74 Å². The van der Waals surface area contributed by atoms with E-state index in [1.54, 1.807) is 0 Å². The first-order valence-electron chi connectivity index (χ1n) is 5.30. The molecule has 1 atom stereocenters. The van der Waals surface area contributed by atoms with Crippen molar-refractivity contribution < 1.29 is 4.74 Å². The minimum Gasteiger partial charge on any atom is -0.382 e. The Labute approximate surface area is 87.4 Å². The lowest BCUT2D eigenvalue weighted by atomic mass is 9.97. The van der Waals surface area contributed by atoms with Gasteiger partial charge in [0.05, 0.1) is 6.07 Å². The molecular weight excluding hydrogens is 176 g/mol. The van der Waals surface area contributed by atoms with Crippen LogP contribution in [-0.2, 0) is 4.74 Å². The molecule has 0 aromatic heterocycles. The highest BCUT2D eigenvalue weighted by atomic mass is 16.5. The van der Waals surface area contributed by atoms with Crippen molar-refractivity contribution in [3.05, 3.63) is 0 Å². The van der Waals surface area contributed by atoms with Gasteiger partial charge in [-0.15, -0.1) is 0 Å². The van der Waals surface area contributed by atoms with Gasteiger partial charge in [0, 0.05) is 19.3 Å². The first-order valence-corrected chi connectivity index (χ1v) is 5.30. The van der Waals surface area contributed by atoms with E-state index in [-0.39, 0.29) is 0 Å². The van der Waals surface area contributed by atoms with Gasteiger partial charge in [-0.1, -0.05) is 0 Å². The number of hydrogen-bond donors (Lipinski definition) is 1. The third kappa shape index (κ3) is 5.95. The maximum Gasteiger partial charge on any atom is 0.104 e. The Hall–Kier alpha value is -0.590. The average Bonchev–Trinajstić information content (AvgIpc) is 2.11. The molecular formula is C11H22N2O. The Balaban J connectivity index is 3.83. The number of rotatable bonds is 7. The Kier molecular flexibility index (Phi) is 6.52. The van der Waals surface area contributed by atoms with Gasteiger partial charge in [-0.05, 0) is 40.5 Å². The maximum atomic E-state index is 9.04. The molecule has 0 radical (unpaired) electrons. The van der Waals surface area contributed by atoms with Gasteiger partial charge in [0.25, 0.3) is 0 Å². The van der Waals surface area contributed by atoms with E-state index in [1.807, 2.05) is 13.8 Å². The van der Waals surface area contributed by atoms with Crippen LogP contribution in [-0.4, -0.2) is 24.8 Å². The number of nitrogens with one attached hydrogen (secondary N) is 1. The Morgan fingerprint density at radius 3 is 2.57 bits per heavy atom. The Morgan fingerprint density at radius 1 is 1.50 bits per heavy atom. The number of hydrogen-bond acceptors (Lipinski definition) is 3. The molecule has 3 nitrogen and oxygen atoms in total. The lowest BCUT2D eigenvalue weighted by molar-refractivity contribution is 0.138. The van der Waals surface area contributed by atoms with Gasteiger partial charge in [-0.2, -0.15) is 5.26 Å². The van der Waals surface area contributed by atoms with E-state index in [0.29, 0.717) is 6.04 Å². The fourth-order valence-electron chi connectivity index (χ4n) is 1.47. The fraction of sp³-hybridized carbons (Fsp3) is 0.909. The maximum absolute atomic E-state index is 9.04. The van der Waals surface area contributed by atoms with Gasteiger partial charge in [0.2, 0.25) is 0 Å². The molecule has 0 aliphatic heterocycles. The van der Waals surface area contributed by atoms with Crippen molar-refractivity contribution in [2.45, 2.75) is 52.1 Å². The van der Waals surface area contributed by atoms with Crippen molar-refractivity contribution in [3.63, 3.8) is 0 Å². The van der Waals surface area contributed by atoms with E-state index in [4.69, 9.17) is 10.00 Å². The Morgan fingerprint density at radius 2 is 2.14 bits per heavy atom. The van der Waals surface area contributed by atoms with Crippen LogP contribution in [0, 0.1) is 11.3 Å². The normalized spacial score (nSPS) is 15.1. The van der Waals surface area contributed by atoms with Crippen LogP contribution < -0.4 is 5.32 Å². The Bertz CT molecular complexity index is 186. The molecule has 0 aromatic rings. The van der Waals surface area contributed by atoms with Crippen molar-refractivity contribution in [2.24, 2.45) is 0 Å². The van der Waals surface area contributed by atoms with Crippen LogP contribution in [0.25, 0.3) is 0 Å². The third-order valence-corrected chi connectivity index (χ3v) is 2.02. The van der Waals surface area contributed by atoms with Crippen LogP contribution in [0.4, 0.5) is 0 Å². The quantitative estimate of drug-likeness (QED) is 0.637. The molecule has 0 spiro atoms. The molecule has 14 heavy (non-hydrogen) atoms. The molecule has 0 heterocycles. The van der Waals surface area contributed by atoms with Crippen LogP contribution in [0.2, 0.25) is 0 Å². The smallest absolute Gasteiger partial charge is 0.104 e. The summed E-state index contributed by atoms with van der Waals surface area (Å²) in [5.41, 5.74) is -0.411. The zero-order chi connectivity index (χ0) is 11.0. The minimum absolute atomic E-state index is 0.340. The molecule has 3 heteroatoms. The van der Waals surface area contributed by atoms with Crippen LogP contribution in [0.15, 0.2) is 0 Å². The second kappa shape index (κ2) is 6.80. The van der Waals surface area contributed by atoms with E-state index in [0.717, 1.165) is 26.1 Å². The highest BCUT2D eigenvalue weighted by Gasteiger charge is 2.23. The standard InChI is InChI=1S/C11H22N2O/c1-5-14-8-6-7-11(4,9-12)13-10(2)3/h10,13H,5-8H2,1-4H3. The van der Waals surface area contributed by atoms with Gasteiger partial charge in [0.15, 0.2) is 0 Å². The fourth-order valence-corrected chi connectivity index (χ4v) is 1.47. The van der Waals surface area contributed by atoms with Crippen molar-refractivity contribution in [1.82, 2.24) is 5.32 Å². The summed E-state index contributed by atoms with van der Waals surface area (Å²) in [5, 5.41) is 12.3. The first-order chi connectivity index (χ1) is 6.54. The van der Waals surface area contributed by atoms with Crippen LogP contribution >= 0.6 is 0 Å². The summed E-state index contributed by atoms with van der Waals surface area (Å²) >= 11 is 0. The predicted molar refractivity (Wildman–Crippen MR) is 58.0 cm³/mol. The summed E-state index contributed by atoms with van der Waals surface area (Å²) in [4.78, 5) is 0. The SMILES string of the molecule is CCOCCCC(C)(C#N)NC(C)C. The molecule has 0 saturated heterocycles. The van der Waals surface area contributed by atoms with Crippen molar-refractivity contribution in [2.75, 3.05) is 13.2 Å². The second-order valence-electron chi connectivity index (χ2n) is 4.04. The zero-order valence-corrected chi connectivity index (χ0v) is 9.76. The van der Waals surface area contributed by atoms with E-state index in [2.05, 4.69) is 25.2 Å². The molecule has 0 amide bonds. The lowest BCUT2D eigenvalue weighted by Gasteiger charge is -2.25. The van der Waals surface area contributed by atoms with Crippen LogP contribution in [0.5, 0.6) is 0 Å². The molecule has 0 aliphatic rings. The van der Waals surface area contributed by atoms with E-state index in [9.17, 15) is 0 Å². The molecule has 0 aromatic carbocycles. The topological polar surface area (TPSA) is 45.0 Å². The van der Waals surface area contributed by atoms with Gasteiger partial charge in [-0.3, -0.25) is 5.32 Å². The number of ether oxygens (including phenoxy) is 1. The highest BCUT2D eigenvalue weighted by molar-refractivity contribution is 5.04. The van der Waals surface area contributed by atoms with Crippen molar-refractivity contribution in [1.29, 1.82) is 5.26 Å². The van der Waals surface area contributed by atoms with Crippen LogP contribution in [0.1, 0.15) is 40.5 Å². The minimum atomic E-state index is -0.411. The molecule has 82 valence electrons. The van der Waals surface area contributed by atoms with Gasteiger partial charge in [-0.25, -0.2) is 0 Å². The number of nitrogens with zero attached hydrogens (tertiary/aromatic N) is 1. The van der Waals surface area contributed by atoms with Crippen molar-refractivity contribution >= 4 is 0 Å². The van der Waals surface area contributed by atoms with Gasteiger partial charge in [0.1, 0.15) is 5.54 Å². The zero-order valence-electron chi connectivity index (χ0n) is 9.76. The molecule has 1 N–H and O–H groups in total. The lowest BCUT2D eigenvalue weighted by Crippen LogP contribution is -2.45. The molecule has 0 rings (SSSR count). The highest BCUT2D eigenvalue weighted by Crippen LogP contribution is 2.12. The predicted octanol–water partition coefficient (Wildman–Crippen LogP) is 2.08. The summed E-state index contributed by atoms with van der Waals surface area (Å²) < 4.78 is 5.24. The number of nitriles is 1. The molecule has 0 bridgehead atoms. The summed E-state index contributed by atoms with van der Waals surface area (Å²) in [6.07, 6.45) is 1.76. The molecule has 0 aliphatic carbocycles.